The summed E-state index contributed by atoms with van der Waals surface area (Å²) in [5, 5.41) is 2.40. The molecule has 1 amide bonds. The summed E-state index contributed by atoms with van der Waals surface area (Å²) in [4.78, 5) is 11.2. The Hall–Kier alpha value is -0.380. The van der Waals surface area contributed by atoms with Gasteiger partial charge in [0.2, 0.25) is 15.9 Å². The number of ether oxygens (including phenoxy) is 1. The van der Waals surface area contributed by atoms with E-state index in [1.165, 1.54) is 19.2 Å². The van der Waals surface area contributed by atoms with Gasteiger partial charge in [0.1, 0.15) is 4.90 Å². The van der Waals surface area contributed by atoms with Crippen molar-refractivity contribution in [3.8, 4) is 0 Å². The summed E-state index contributed by atoms with van der Waals surface area (Å²) < 4.78 is 31.7. The quantitative estimate of drug-likeness (QED) is 0.660. The van der Waals surface area contributed by atoms with E-state index in [-0.39, 0.29) is 21.5 Å². The third-order valence-corrected chi connectivity index (χ3v) is 5.06. The van der Waals surface area contributed by atoms with Crippen LogP contribution in [0.3, 0.4) is 0 Å². The Morgan fingerprint density at radius 2 is 1.90 bits per heavy atom. The summed E-state index contributed by atoms with van der Waals surface area (Å²) in [7, 11) is -2.50. The molecule has 0 spiro atoms. The van der Waals surface area contributed by atoms with Gasteiger partial charge in [0.15, 0.2) is 0 Å². The molecule has 0 atom stereocenters. The summed E-state index contributed by atoms with van der Waals surface area (Å²) in [5.74, 6) is -0.486. The van der Waals surface area contributed by atoms with E-state index in [2.05, 4.69) is 26.0 Å². The van der Waals surface area contributed by atoms with Gasteiger partial charge in [-0.25, -0.2) is 13.1 Å². The molecule has 0 aromatic heterocycles. The number of amides is 1. The Bertz CT molecular complexity index is 602. The molecule has 0 aliphatic heterocycles. The Kier molecular flexibility index (Phi) is 7.38. The number of halogens is 3. The van der Waals surface area contributed by atoms with E-state index < -0.39 is 22.5 Å². The molecule has 0 fully saturated rings. The van der Waals surface area contributed by atoms with Crippen LogP contribution in [0.2, 0.25) is 10.0 Å². The second-order valence-corrected chi connectivity index (χ2v) is 7.30. The Morgan fingerprint density at radius 3 is 2.43 bits per heavy atom. The van der Waals surface area contributed by atoms with Crippen LogP contribution in [0.5, 0.6) is 0 Å². The van der Waals surface area contributed by atoms with Gasteiger partial charge < -0.3 is 10.1 Å². The van der Waals surface area contributed by atoms with Gasteiger partial charge in [0, 0.05) is 18.1 Å². The predicted octanol–water partition coefficient (Wildman–Crippen LogP) is 1.80. The van der Waals surface area contributed by atoms with Crippen molar-refractivity contribution in [2.75, 3.05) is 26.8 Å². The highest BCUT2D eigenvalue weighted by atomic mass is 79.9. The molecule has 2 N–H and O–H groups in total. The topological polar surface area (TPSA) is 84.5 Å². The van der Waals surface area contributed by atoms with Crippen LogP contribution < -0.4 is 10.0 Å². The third kappa shape index (κ3) is 5.72. The Balaban J connectivity index is 2.77. The lowest BCUT2D eigenvalue weighted by Gasteiger charge is -2.10. The van der Waals surface area contributed by atoms with E-state index in [0.29, 0.717) is 11.1 Å². The fourth-order valence-electron chi connectivity index (χ4n) is 1.37. The van der Waals surface area contributed by atoms with Crippen LogP contribution in [-0.2, 0) is 19.6 Å². The lowest BCUT2D eigenvalue weighted by molar-refractivity contribution is -0.120. The molecular weight excluding hydrogens is 407 g/mol. The fourth-order valence-corrected chi connectivity index (χ4v) is 4.29. The van der Waals surface area contributed by atoms with Crippen LogP contribution >= 0.6 is 39.1 Å². The summed E-state index contributed by atoms with van der Waals surface area (Å²) in [6.45, 7) is 0.203. The molecular formula is C11H13BrCl2N2O4S. The minimum Gasteiger partial charge on any atom is -0.383 e. The molecule has 1 aromatic carbocycles. The number of sulfonamides is 1. The molecule has 1 rings (SSSR count). The van der Waals surface area contributed by atoms with Crippen molar-refractivity contribution < 1.29 is 17.9 Å². The summed E-state index contributed by atoms with van der Waals surface area (Å²) in [6.07, 6.45) is 0. The highest BCUT2D eigenvalue weighted by Gasteiger charge is 2.23. The molecule has 0 aliphatic carbocycles. The monoisotopic (exact) mass is 418 g/mol. The largest absolute Gasteiger partial charge is 0.383 e. The van der Waals surface area contributed by atoms with Crippen molar-refractivity contribution in [3.05, 3.63) is 26.7 Å². The van der Waals surface area contributed by atoms with Crippen molar-refractivity contribution in [1.82, 2.24) is 10.0 Å². The number of methoxy groups -OCH3 is 1. The molecule has 6 nitrogen and oxygen atoms in total. The number of hydrogen-bond donors (Lipinski definition) is 2. The average molecular weight is 420 g/mol. The van der Waals surface area contributed by atoms with Crippen molar-refractivity contribution in [1.29, 1.82) is 0 Å². The minimum atomic E-state index is -3.99. The molecule has 118 valence electrons. The molecule has 1 aromatic rings. The first-order chi connectivity index (χ1) is 9.77. The van der Waals surface area contributed by atoms with Crippen LogP contribution in [0.25, 0.3) is 0 Å². The second-order valence-electron chi connectivity index (χ2n) is 3.87. The van der Waals surface area contributed by atoms with Gasteiger partial charge in [-0.3, -0.25) is 4.79 Å². The zero-order chi connectivity index (χ0) is 16.0. The van der Waals surface area contributed by atoms with Crippen LogP contribution in [0.1, 0.15) is 0 Å². The molecule has 0 bridgehead atoms. The number of nitrogens with one attached hydrogen (secondary N) is 2. The molecule has 10 heteroatoms. The lowest BCUT2D eigenvalue weighted by Crippen LogP contribution is -2.38. The first-order valence-electron chi connectivity index (χ1n) is 5.67. The van der Waals surface area contributed by atoms with Crippen LogP contribution in [-0.4, -0.2) is 41.1 Å². The van der Waals surface area contributed by atoms with E-state index in [0.717, 1.165) is 0 Å². The van der Waals surface area contributed by atoms with E-state index in [1.807, 2.05) is 0 Å². The van der Waals surface area contributed by atoms with E-state index in [4.69, 9.17) is 27.9 Å². The Labute approximate surface area is 141 Å². The van der Waals surface area contributed by atoms with Crippen molar-refractivity contribution in [2.45, 2.75) is 4.90 Å². The van der Waals surface area contributed by atoms with Gasteiger partial charge in [-0.15, -0.1) is 0 Å². The number of benzene rings is 1. The van der Waals surface area contributed by atoms with Gasteiger partial charge in [-0.05, 0) is 12.1 Å². The summed E-state index contributed by atoms with van der Waals surface area (Å²) >= 11 is 14.9. The van der Waals surface area contributed by atoms with E-state index in [9.17, 15) is 13.2 Å². The number of rotatable bonds is 7. The highest BCUT2D eigenvalue weighted by molar-refractivity contribution is 9.10. The minimum absolute atomic E-state index is 0.0401. The van der Waals surface area contributed by atoms with E-state index >= 15 is 0 Å². The molecule has 0 aliphatic rings. The number of hydrogen-bond acceptors (Lipinski definition) is 4. The highest BCUT2D eigenvalue weighted by Crippen LogP contribution is 2.32. The van der Waals surface area contributed by atoms with Crippen LogP contribution in [0, 0.1) is 0 Å². The predicted molar refractivity (Wildman–Crippen MR) is 84.2 cm³/mol. The molecule has 21 heavy (non-hydrogen) atoms. The van der Waals surface area contributed by atoms with Crippen molar-refractivity contribution in [3.63, 3.8) is 0 Å². The summed E-state index contributed by atoms with van der Waals surface area (Å²) in [6, 6.07) is 2.81. The molecule has 0 heterocycles. The smallest absolute Gasteiger partial charge is 0.244 e. The zero-order valence-corrected chi connectivity index (χ0v) is 14.9. The number of carbonyl (C=O) groups excluding carboxylic acids is 1. The maximum absolute atomic E-state index is 12.1. The maximum Gasteiger partial charge on any atom is 0.244 e. The molecule has 0 radical (unpaired) electrons. The normalized spacial score (nSPS) is 11.4. The zero-order valence-electron chi connectivity index (χ0n) is 11.0. The van der Waals surface area contributed by atoms with Crippen molar-refractivity contribution in [2.24, 2.45) is 0 Å². The maximum atomic E-state index is 12.1. The Morgan fingerprint density at radius 1 is 1.33 bits per heavy atom. The third-order valence-electron chi connectivity index (χ3n) is 2.28. The molecule has 0 saturated heterocycles. The van der Waals surface area contributed by atoms with Gasteiger partial charge in [0.25, 0.3) is 0 Å². The standard InChI is InChI=1S/C11H13BrCl2N2O4S/c1-20-3-2-15-10(17)6-16-21(18,19)11-8(13)4-7(12)5-9(11)14/h4-5,16H,2-3,6H2,1H3,(H,15,17). The average Bonchev–Trinajstić information content (AvgIpc) is 2.35. The first-order valence-corrected chi connectivity index (χ1v) is 8.71. The number of carbonyl (C=O) groups is 1. The SMILES string of the molecule is COCCNC(=O)CNS(=O)(=O)c1c(Cl)cc(Br)cc1Cl. The lowest BCUT2D eigenvalue weighted by atomic mass is 10.4. The van der Waals surface area contributed by atoms with Gasteiger partial charge in [-0.1, -0.05) is 39.1 Å². The van der Waals surface area contributed by atoms with E-state index in [1.54, 1.807) is 0 Å². The fraction of sp³-hybridized carbons (Fsp3) is 0.364. The van der Waals surface area contributed by atoms with Gasteiger partial charge in [-0.2, -0.15) is 0 Å². The van der Waals surface area contributed by atoms with Crippen LogP contribution in [0.15, 0.2) is 21.5 Å². The van der Waals surface area contributed by atoms with Crippen molar-refractivity contribution >= 4 is 55.1 Å². The molecule has 0 saturated carbocycles. The molecule has 0 unspecified atom stereocenters. The first kappa shape index (κ1) is 18.7. The van der Waals surface area contributed by atoms with Gasteiger partial charge >= 0.3 is 0 Å². The van der Waals surface area contributed by atoms with Crippen LogP contribution in [0.4, 0.5) is 0 Å². The summed E-state index contributed by atoms with van der Waals surface area (Å²) in [5.41, 5.74) is 0. The second kappa shape index (κ2) is 8.30. The van der Waals surface area contributed by atoms with Gasteiger partial charge in [0.05, 0.1) is 23.2 Å².